The van der Waals surface area contributed by atoms with Gasteiger partial charge >= 0.3 is 0 Å². The van der Waals surface area contributed by atoms with Crippen LogP contribution in [-0.2, 0) is 4.79 Å². The maximum atomic E-state index is 12.7. The number of para-hydroxylation sites is 1. The van der Waals surface area contributed by atoms with Crippen LogP contribution in [0.2, 0.25) is 0 Å². The molecule has 0 aliphatic carbocycles. The van der Waals surface area contributed by atoms with E-state index in [1.165, 1.54) is 16.8 Å². The number of nitrogens with one attached hydrogen (secondary N) is 1. The lowest BCUT2D eigenvalue weighted by Gasteiger charge is -2.20. The minimum atomic E-state index is -0.460. The lowest BCUT2D eigenvalue weighted by atomic mass is 10.1. The average molecular weight is 506 g/mol. The van der Waals surface area contributed by atoms with Gasteiger partial charge < -0.3 is 9.30 Å². The molecule has 1 amide bonds. The van der Waals surface area contributed by atoms with Crippen molar-refractivity contribution in [2.45, 2.75) is 0 Å². The van der Waals surface area contributed by atoms with Crippen molar-refractivity contribution in [2.24, 2.45) is 10.1 Å². The number of fused-ring (bicyclic) bond motifs is 1. The number of aromatic nitrogens is 1. The number of halogens is 1. The van der Waals surface area contributed by atoms with E-state index in [2.05, 4.69) is 26.0 Å². The van der Waals surface area contributed by atoms with Gasteiger partial charge in [-0.3, -0.25) is 10.2 Å². The standard InChI is InChI=1S/C23H16BrN5O2S/c24-15-8-10-16(11-9-15)28-12-4-5-17(28)13-19-21(25)29-23(26-22(19)30)32-20(27-29)14-31-18-6-2-1-3-7-18/h1-13,25H,14H2/b19-13-,25-21?. The molecule has 2 aliphatic heterocycles. The second-order valence-electron chi connectivity index (χ2n) is 6.89. The lowest BCUT2D eigenvalue weighted by molar-refractivity contribution is -0.114. The van der Waals surface area contributed by atoms with Crippen molar-refractivity contribution in [3.63, 3.8) is 0 Å². The minimum Gasteiger partial charge on any atom is -0.487 e. The number of thioether (sulfide) groups is 1. The van der Waals surface area contributed by atoms with Crippen molar-refractivity contribution < 1.29 is 9.53 Å². The predicted octanol–water partition coefficient (Wildman–Crippen LogP) is 4.94. The molecule has 0 saturated heterocycles. The van der Waals surface area contributed by atoms with E-state index < -0.39 is 5.91 Å². The number of benzene rings is 2. The van der Waals surface area contributed by atoms with Gasteiger partial charge in [0.1, 0.15) is 17.4 Å². The highest BCUT2D eigenvalue weighted by atomic mass is 79.9. The highest BCUT2D eigenvalue weighted by Gasteiger charge is 2.35. The predicted molar refractivity (Wildman–Crippen MR) is 130 cm³/mol. The zero-order valence-electron chi connectivity index (χ0n) is 16.6. The summed E-state index contributed by atoms with van der Waals surface area (Å²) in [5.41, 5.74) is 1.89. The van der Waals surface area contributed by atoms with Crippen LogP contribution >= 0.6 is 27.7 Å². The van der Waals surface area contributed by atoms with E-state index in [0.717, 1.165) is 21.6 Å². The molecule has 0 unspecified atom stereocenters. The molecule has 0 fully saturated rings. The third-order valence-electron chi connectivity index (χ3n) is 4.78. The topological polar surface area (TPSA) is 83.0 Å². The number of aliphatic imine (C=N–C) groups is 1. The maximum absolute atomic E-state index is 12.7. The maximum Gasteiger partial charge on any atom is 0.283 e. The molecular formula is C23H16BrN5O2S. The van der Waals surface area contributed by atoms with Gasteiger partial charge in [-0.05, 0) is 66.4 Å². The van der Waals surface area contributed by atoms with Crippen molar-refractivity contribution in [3.05, 3.63) is 88.7 Å². The second kappa shape index (κ2) is 8.60. The van der Waals surface area contributed by atoms with Crippen LogP contribution in [0, 0.1) is 5.41 Å². The molecule has 1 N–H and O–H groups in total. The fourth-order valence-electron chi connectivity index (χ4n) is 3.25. The Morgan fingerprint density at radius 1 is 1.06 bits per heavy atom. The largest absolute Gasteiger partial charge is 0.487 e. The van der Waals surface area contributed by atoms with E-state index >= 15 is 0 Å². The summed E-state index contributed by atoms with van der Waals surface area (Å²) in [6.45, 7) is 0.233. The summed E-state index contributed by atoms with van der Waals surface area (Å²) in [7, 11) is 0. The summed E-state index contributed by atoms with van der Waals surface area (Å²) in [5.74, 6) is 0.256. The molecule has 158 valence electrons. The van der Waals surface area contributed by atoms with Crippen molar-refractivity contribution in [3.8, 4) is 11.4 Å². The molecular weight excluding hydrogens is 490 g/mol. The number of hydrogen-bond acceptors (Lipinski definition) is 5. The van der Waals surface area contributed by atoms with Crippen molar-refractivity contribution in [1.29, 1.82) is 5.41 Å². The van der Waals surface area contributed by atoms with Crippen LogP contribution in [0.15, 0.2) is 93.1 Å². The van der Waals surface area contributed by atoms with E-state index in [-0.39, 0.29) is 18.0 Å². The summed E-state index contributed by atoms with van der Waals surface area (Å²) in [5, 5.41) is 15.4. The summed E-state index contributed by atoms with van der Waals surface area (Å²) in [6, 6.07) is 21.0. The van der Waals surface area contributed by atoms with Gasteiger partial charge in [0.25, 0.3) is 5.91 Å². The lowest BCUT2D eigenvalue weighted by Crippen LogP contribution is -2.35. The zero-order chi connectivity index (χ0) is 22.1. The van der Waals surface area contributed by atoms with Crippen LogP contribution in [0.4, 0.5) is 0 Å². The van der Waals surface area contributed by atoms with E-state index in [9.17, 15) is 4.79 Å². The van der Waals surface area contributed by atoms with Crippen molar-refractivity contribution in [1.82, 2.24) is 9.58 Å². The number of hydrogen-bond donors (Lipinski definition) is 1. The Balaban J connectivity index is 1.39. The quantitative estimate of drug-likeness (QED) is 0.497. The molecule has 0 spiro atoms. The first-order chi connectivity index (χ1) is 15.6. The van der Waals surface area contributed by atoms with Crippen LogP contribution in [0.25, 0.3) is 11.8 Å². The number of ether oxygens (including phenoxy) is 1. The van der Waals surface area contributed by atoms with Gasteiger partial charge in [0.2, 0.25) is 5.17 Å². The normalized spacial score (nSPS) is 16.8. The second-order valence-corrected chi connectivity index (χ2v) is 8.85. The highest BCUT2D eigenvalue weighted by molar-refractivity contribution is 9.10. The number of carbonyl (C=O) groups excluding carboxylic acids is 1. The first-order valence-corrected chi connectivity index (χ1v) is 11.3. The van der Waals surface area contributed by atoms with Gasteiger partial charge in [-0.1, -0.05) is 34.1 Å². The molecule has 3 aromatic rings. The average Bonchev–Trinajstić information content (AvgIpc) is 3.43. The van der Waals surface area contributed by atoms with Crippen LogP contribution < -0.4 is 4.74 Å². The van der Waals surface area contributed by atoms with Gasteiger partial charge in [0, 0.05) is 22.1 Å². The Labute approximate surface area is 196 Å². The molecule has 3 heterocycles. The van der Waals surface area contributed by atoms with Crippen molar-refractivity contribution in [2.75, 3.05) is 6.61 Å². The molecule has 32 heavy (non-hydrogen) atoms. The van der Waals surface area contributed by atoms with Gasteiger partial charge in [0.15, 0.2) is 5.84 Å². The van der Waals surface area contributed by atoms with E-state index in [1.807, 2.05) is 77.5 Å². The summed E-state index contributed by atoms with van der Waals surface area (Å²) in [6.07, 6.45) is 3.58. The first-order valence-electron chi connectivity index (χ1n) is 9.69. The van der Waals surface area contributed by atoms with Crippen LogP contribution in [0.3, 0.4) is 0 Å². The molecule has 7 nitrogen and oxygen atoms in total. The Morgan fingerprint density at radius 2 is 1.84 bits per heavy atom. The smallest absolute Gasteiger partial charge is 0.283 e. The Hall–Kier alpha value is -3.43. The summed E-state index contributed by atoms with van der Waals surface area (Å²) >= 11 is 4.68. The van der Waals surface area contributed by atoms with E-state index in [0.29, 0.717) is 10.2 Å². The zero-order valence-corrected chi connectivity index (χ0v) is 19.0. The highest BCUT2D eigenvalue weighted by Crippen LogP contribution is 2.29. The molecule has 0 radical (unpaired) electrons. The van der Waals surface area contributed by atoms with Crippen LogP contribution in [0.5, 0.6) is 5.75 Å². The first kappa shape index (κ1) is 20.5. The van der Waals surface area contributed by atoms with E-state index in [1.54, 1.807) is 6.08 Å². The minimum absolute atomic E-state index is 0.00855. The number of amidine groups is 2. The van der Waals surface area contributed by atoms with Gasteiger partial charge in [-0.15, -0.1) is 0 Å². The van der Waals surface area contributed by atoms with Crippen LogP contribution in [0.1, 0.15) is 5.69 Å². The number of rotatable bonds is 5. The Bertz CT molecular complexity index is 1300. The molecule has 2 aromatic carbocycles. The third-order valence-corrected chi connectivity index (χ3v) is 6.19. The third kappa shape index (κ3) is 4.04. The molecule has 5 rings (SSSR count). The number of hydrazone groups is 1. The van der Waals surface area contributed by atoms with Gasteiger partial charge in [0.05, 0.1) is 5.57 Å². The Morgan fingerprint density at radius 3 is 2.62 bits per heavy atom. The fraction of sp³-hybridized carbons (Fsp3) is 0.0435. The summed E-state index contributed by atoms with van der Waals surface area (Å²) in [4.78, 5) is 16.9. The summed E-state index contributed by atoms with van der Waals surface area (Å²) < 4.78 is 8.66. The SMILES string of the molecule is N=C1/C(=C/c2cccn2-c2ccc(Br)cc2)C(=O)N=C2SC(COc3ccccc3)=NN12. The molecule has 0 atom stereocenters. The van der Waals surface area contributed by atoms with Gasteiger partial charge in [-0.2, -0.15) is 15.1 Å². The molecule has 9 heteroatoms. The number of amides is 1. The molecule has 0 bridgehead atoms. The molecule has 0 saturated carbocycles. The monoisotopic (exact) mass is 505 g/mol. The van der Waals surface area contributed by atoms with Crippen molar-refractivity contribution >= 4 is 55.7 Å². The fourth-order valence-corrected chi connectivity index (χ4v) is 4.31. The number of carbonyl (C=O) groups is 1. The number of nitrogens with zero attached hydrogens (tertiary/aromatic N) is 4. The molecule has 2 aliphatic rings. The van der Waals surface area contributed by atoms with Gasteiger partial charge in [-0.25, -0.2) is 0 Å². The molecule has 1 aromatic heterocycles. The van der Waals surface area contributed by atoms with E-state index in [4.69, 9.17) is 10.1 Å². The van der Waals surface area contributed by atoms with Crippen LogP contribution in [-0.4, -0.2) is 38.1 Å². The Kier molecular flexibility index (Phi) is 5.50.